The van der Waals surface area contributed by atoms with Gasteiger partial charge in [0.15, 0.2) is 0 Å². The van der Waals surface area contributed by atoms with E-state index in [1.807, 2.05) is 0 Å². The van der Waals surface area contributed by atoms with Crippen molar-refractivity contribution in [2.45, 2.75) is 17.7 Å². The van der Waals surface area contributed by atoms with Crippen LogP contribution in [0.4, 0.5) is 5.69 Å². The van der Waals surface area contributed by atoms with Crippen molar-refractivity contribution in [2.75, 3.05) is 19.7 Å². The smallest absolute Gasteiger partial charge is 0.309 e. The molecule has 0 radical (unpaired) electrons. The molecule has 1 saturated heterocycles. The maximum Gasteiger partial charge on any atom is 0.309 e. The van der Waals surface area contributed by atoms with Gasteiger partial charge in [0.2, 0.25) is 10.0 Å². The summed E-state index contributed by atoms with van der Waals surface area (Å²) in [6, 6.07) is 11.1. The Balaban J connectivity index is 1.56. The standard InChI is InChI=1S/C19H19ClN4O7S/c20-14-3-1-13(2-4-14)11-21-18(25)19(26)22-12-17-23(9-10-31-17)32(29,30)16-7-5-15(6-8-16)24(27)28/h1-8,17H,9-12H2,(H,21,25)(H,22,26)/t17-/m0/s1. The summed E-state index contributed by atoms with van der Waals surface area (Å²) in [6.07, 6.45) is -1.02. The predicted molar refractivity (Wildman–Crippen MR) is 113 cm³/mol. The Morgan fingerprint density at radius 1 is 1.09 bits per heavy atom. The molecule has 2 aromatic carbocycles. The number of carbonyl (C=O) groups is 2. The lowest BCUT2D eigenvalue weighted by atomic mass is 10.2. The molecule has 32 heavy (non-hydrogen) atoms. The largest absolute Gasteiger partial charge is 0.359 e. The summed E-state index contributed by atoms with van der Waals surface area (Å²) < 4.78 is 32.1. The minimum atomic E-state index is -4.03. The van der Waals surface area contributed by atoms with Crippen molar-refractivity contribution in [3.05, 3.63) is 69.2 Å². The van der Waals surface area contributed by atoms with Gasteiger partial charge in [-0.05, 0) is 29.8 Å². The van der Waals surface area contributed by atoms with E-state index in [2.05, 4.69) is 10.6 Å². The normalized spacial score (nSPS) is 16.5. The molecule has 1 heterocycles. The first-order valence-electron chi connectivity index (χ1n) is 9.37. The maximum atomic E-state index is 12.9. The van der Waals surface area contributed by atoms with E-state index in [9.17, 15) is 28.1 Å². The number of ether oxygens (including phenoxy) is 1. The van der Waals surface area contributed by atoms with Crippen LogP contribution in [0.3, 0.4) is 0 Å². The van der Waals surface area contributed by atoms with Crippen LogP contribution in [0.15, 0.2) is 53.4 Å². The summed E-state index contributed by atoms with van der Waals surface area (Å²) in [7, 11) is -4.03. The second-order valence-corrected chi connectivity index (χ2v) is 9.04. The number of sulfonamides is 1. The minimum absolute atomic E-state index is 0.0304. The number of nitro groups is 1. The Morgan fingerprint density at radius 3 is 2.34 bits per heavy atom. The lowest BCUT2D eigenvalue weighted by molar-refractivity contribution is -0.384. The molecule has 2 N–H and O–H groups in total. The Morgan fingerprint density at radius 2 is 1.72 bits per heavy atom. The Bertz CT molecular complexity index is 1110. The zero-order chi connectivity index (χ0) is 23.3. The maximum absolute atomic E-state index is 12.9. The third-order valence-electron chi connectivity index (χ3n) is 4.61. The molecule has 3 rings (SSSR count). The number of hydrogen-bond donors (Lipinski definition) is 2. The molecule has 1 atom stereocenters. The SMILES string of the molecule is O=C(NCc1ccc(Cl)cc1)C(=O)NC[C@@H]1OCCN1S(=O)(=O)c1ccc([N+](=O)[O-])cc1. The first kappa shape index (κ1) is 23.6. The lowest BCUT2D eigenvalue weighted by Gasteiger charge is -2.22. The second-order valence-electron chi connectivity index (χ2n) is 6.71. The van der Waals surface area contributed by atoms with Crippen LogP contribution in [-0.4, -0.2) is 55.4 Å². The van der Waals surface area contributed by atoms with E-state index in [-0.39, 0.29) is 36.8 Å². The molecule has 0 bridgehead atoms. The third kappa shape index (κ3) is 5.59. The molecule has 1 aliphatic heterocycles. The third-order valence-corrected chi connectivity index (χ3v) is 6.76. The van der Waals surface area contributed by atoms with Crippen LogP contribution in [0.5, 0.6) is 0 Å². The van der Waals surface area contributed by atoms with Crippen molar-refractivity contribution in [1.29, 1.82) is 0 Å². The fourth-order valence-electron chi connectivity index (χ4n) is 2.94. The molecule has 1 aliphatic rings. The highest BCUT2D eigenvalue weighted by Crippen LogP contribution is 2.24. The Labute approximate surface area is 188 Å². The van der Waals surface area contributed by atoms with Crippen molar-refractivity contribution in [3.63, 3.8) is 0 Å². The van der Waals surface area contributed by atoms with Crippen LogP contribution in [0.25, 0.3) is 0 Å². The number of rotatable bonds is 7. The number of carbonyl (C=O) groups excluding carboxylic acids is 2. The van der Waals surface area contributed by atoms with E-state index in [1.165, 1.54) is 0 Å². The van der Waals surface area contributed by atoms with Crippen molar-refractivity contribution in [2.24, 2.45) is 0 Å². The highest BCUT2D eigenvalue weighted by molar-refractivity contribution is 7.89. The number of nitrogens with zero attached hydrogens (tertiary/aromatic N) is 2. The molecule has 0 aliphatic carbocycles. The van der Waals surface area contributed by atoms with E-state index in [0.29, 0.717) is 5.02 Å². The van der Waals surface area contributed by atoms with Gasteiger partial charge in [0, 0.05) is 30.2 Å². The summed E-state index contributed by atoms with van der Waals surface area (Å²) in [4.78, 5) is 34.1. The number of amides is 2. The van der Waals surface area contributed by atoms with E-state index < -0.39 is 33.0 Å². The van der Waals surface area contributed by atoms with Gasteiger partial charge in [-0.15, -0.1) is 0 Å². The van der Waals surface area contributed by atoms with Crippen LogP contribution in [-0.2, 0) is 30.9 Å². The number of nitrogens with one attached hydrogen (secondary N) is 2. The van der Waals surface area contributed by atoms with Gasteiger partial charge in [0.1, 0.15) is 6.23 Å². The minimum Gasteiger partial charge on any atom is -0.359 e. The van der Waals surface area contributed by atoms with Gasteiger partial charge in [0.05, 0.1) is 23.0 Å². The van der Waals surface area contributed by atoms with Crippen LogP contribution in [0, 0.1) is 10.1 Å². The van der Waals surface area contributed by atoms with Crippen LogP contribution >= 0.6 is 11.6 Å². The van der Waals surface area contributed by atoms with E-state index in [1.54, 1.807) is 24.3 Å². The van der Waals surface area contributed by atoms with Crippen molar-refractivity contribution in [3.8, 4) is 0 Å². The molecule has 0 saturated carbocycles. The summed E-state index contributed by atoms with van der Waals surface area (Å²) in [5.74, 6) is -1.83. The molecule has 0 spiro atoms. The number of nitro benzene ring substituents is 1. The molecular weight excluding hydrogens is 464 g/mol. The zero-order valence-electron chi connectivity index (χ0n) is 16.6. The molecule has 0 aromatic heterocycles. The average molecular weight is 483 g/mol. The number of non-ortho nitro benzene ring substituents is 1. The second kappa shape index (κ2) is 10.0. The predicted octanol–water partition coefficient (Wildman–Crippen LogP) is 1.03. The van der Waals surface area contributed by atoms with Crippen LogP contribution in [0.1, 0.15) is 5.56 Å². The molecule has 1 fully saturated rings. The molecule has 170 valence electrons. The van der Waals surface area contributed by atoms with Crippen molar-refractivity contribution >= 4 is 39.1 Å². The van der Waals surface area contributed by atoms with Gasteiger partial charge in [-0.1, -0.05) is 23.7 Å². The average Bonchev–Trinajstić information content (AvgIpc) is 3.26. The van der Waals surface area contributed by atoms with Gasteiger partial charge in [-0.25, -0.2) is 8.42 Å². The highest BCUT2D eigenvalue weighted by Gasteiger charge is 2.36. The summed E-state index contributed by atoms with van der Waals surface area (Å²) in [5, 5.41) is 16.1. The van der Waals surface area contributed by atoms with Crippen molar-refractivity contribution < 1.29 is 27.7 Å². The molecule has 2 amide bonds. The van der Waals surface area contributed by atoms with E-state index >= 15 is 0 Å². The molecule has 0 unspecified atom stereocenters. The topological polar surface area (TPSA) is 148 Å². The van der Waals surface area contributed by atoms with Crippen LogP contribution < -0.4 is 10.6 Å². The summed E-state index contributed by atoms with van der Waals surface area (Å²) in [5.41, 5.74) is 0.505. The number of hydrogen-bond acceptors (Lipinski definition) is 7. The number of benzene rings is 2. The van der Waals surface area contributed by atoms with Crippen molar-refractivity contribution in [1.82, 2.24) is 14.9 Å². The fraction of sp³-hybridized carbons (Fsp3) is 0.263. The van der Waals surface area contributed by atoms with Gasteiger partial charge in [-0.2, -0.15) is 4.31 Å². The van der Waals surface area contributed by atoms with E-state index in [0.717, 1.165) is 34.1 Å². The number of halogens is 1. The first-order chi connectivity index (χ1) is 15.2. The lowest BCUT2D eigenvalue weighted by Crippen LogP contribution is -2.47. The molecule has 11 nitrogen and oxygen atoms in total. The highest BCUT2D eigenvalue weighted by atomic mass is 35.5. The molecule has 2 aromatic rings. The Hall–Kier alpha value is -3.06. The van der Waals surface area contributed by atoms with E-state index in [4.69, 9.17) is 16.3 Å². The Kier molecular flexibility index (Phi) is 7.40. The molecular formula is C19H19ClN4O7S. The monoisotopic (exact) mass is 482 g/mol. The van der Waals surface area contributed by atoms with Gasteiger partial charge >= 0.3 is 11.8 Å². The van der Waals surface area contributed by atoms with Gasteiger partial charge in [-0.3, -0.25) is 19.7 Å². The van der Waals surface area contributed by atoms with Crippen LogP contribution in [0.2, 0.25) is 5.02 Å². The van der Waals surface area contributed by atoms with Gasteiger partial charge in [0.25, 0.3) is 5.69 Å². The zero-order valence-corrected chi connectivity index (χ0v) is 18.1. The van der Waals surface area contributed by atoms with Gasteiger partial charge < -0.3 is 15.4 Å². The summed E-state index contributed by atoms with van der Waals surface area (Å²) >= 11 is 5.79. The first-order valence-corrected chi connectivity index (χ1v) is 11.2. The quantitative estimate of drug-likeness (QED) is 0.340. The molecule has 13 heteroatoms. The fourth-order valence-corrected chi connectivity index (χ4v) is 4.58. The summed E-state index contributed by atoms with van der Waals surface area (Å²) in [6.45, 7) is -0.0124.